The van der Waals surface area contributed by atoms with Crippen LogP contribution in [0.1, 0.15) is 16.2 Å². The first-order valence-electron chi connectivity index (χ1n) is 9.05. The van der Waals surface area contributed by atoms with Crippen molar-refractivity contribution >= 4 is 11.6 Å². The second-order valence-electron chi connectivity index (χ2n) is 6.67. The lowest BCUT2D eigenvalue weighted by molar-refractivity contribution is 0.100. The molecule has 144 valence electrons. The van der Waals surface area contributed by atoms with Crippen molar-refractivity contribution in [1.29, 1.82) is 0 Å². The van der Waals surface area contributed by atoms with Crippen LogP contribution in [0.5, 0.6) is 0 Å². The van der Waals surface area contributed by atoms with E-state index < -0.39 is 5.91 Å². The van der Waals surface area contributed by atoms with E-state index in [9.17, 15) is 9.18 Å². The SMILES string of the molecule is NC(=O)c1ccc(N2CCN(Cc3nc(-c4ccccc4F)no3)CC2)cc1. The fourth-order valence-electron chi connectivity index (χ4n) is 3.26. The van der Waals surface area contributed by atoms with E-state index in [0.717, 1.165) is 31.9 Å². The zero-order valence-corrected chi connectivity index (χ0v) is 15.2. The van der Waals surface area contributed by atoms with Gasteiger partial charge in [0.1, 0.15) is 5.82 Å². The van der Waals surface area contributed by atoms with Gasteiger partial charge in [0.2, 0.25) is 17.6 Å². The highest BCUT2D eigenvalue weighted by Gasteiger charge is 2.20. The molecule has 0 radical (unpaired) electrons. The minimum Gasteiger partial charge on any atom is -0.369 e. The smallest absolute Gasteiger partial charge is 0.248 e. The Morgan fingerprint density at radius 2 is 1.79 bits per heavy atom. The van der Waals surface area contributed by atoms with Gasteiger partial charge in [-0.2, -0.15) is 4.98 Å². The summed E-state index contributed by atoms with van der Waals surface area (Å²) < 4.78 is 19.2. The van der Waals surface area contributed by atoms with Gasteiger partial charge in [-0.15, -0.1) is 0 Å². The van der Waals surface area contributed by atoms with Crippen LogP contribution in [0.3, 0.4) is 0 Å². The summed E-state index contributed by atoms with van der Waals surface area (Å²) in [6, 6.07) is 13.7. The molecule has 3 aromatic rings. The maximum Gasteiger partial charge on any atom is 0.248 e. The lowest BCUT2D eigenvalue weighted by atomic mass is 10.1. The molecule has 28 heavy (non-hydrogen) atoms. The van der Waals surface area contributed by atoms with Crippen molar-refractivity contribution in [1.82, 2.24) is 15.0 Å². The molecule has 2 N–H and O–H groups in total. The maximum atomic E-state index is 13.9. The number of nitrogens with two attached hydrogens (primary N) is 1. The molecule has 0 spiro atoms. The molecule has 8 heteroatoms. The fraction of sp³-hybridized carbons (Fsp3) is 0.250. The van der Waals surface area contributed by atoms with Crippen LogP contribution in [0.25, 0.3) is 11.4 Å². The molecule has 1 fully saturated rings. The zero-order valence-electron chi connectivity index (χ0n) is 15.2. The van der Waals surface area contributed by atoms with Crippen molar-refractivity contribution in [2.75, 3.05) is 31.1 Å². The molecule has 2 heterocycles. The lowest BCUT2D eigenvalue weighted by Gasteiger charge is -2.35. The normalized spacial score (nSPS) is 15.0. The van der Waals surface area contributed by atoms with Gasteiger partial charge in [-0.05, 0) is 36.4 Å². The number of primary amides is 1. The van der Waals surface area contributed by atoms with Crippen LogP contribution in [0.4, 0.5) is 10.1 Å². The second-order valence-corrected chi connectivity index (χ2v) is 6.67. The first-order valence-corrected chi connectivity index (χ1v) is 9.05. The molecule has 1 aromatic heterocycles. The molecule has 0 aliphatic carbocycles. The number of hydrogen-bond acceptors (Lipinski definition) is 6. The summed E-state index contributed by atoms with van der Waals surface area (Å²) in [4.78, 5) is 20.0. The van der Waals surface area contributed by atoms with E-state index >= 15 is 0 Å². The molecule has 1 aliphatic heterocycles. The van der Waals surface area contributed by atoms with Crippen molar-refractivity contribution in [3.05, 3.63) is 65.8 Å². The van der Waals surface area contributed by atoms with Crippen molar-refractivity contribution < 1.29 is 13.7 Å². The van der Waals surface area contributed by atoms with Gasteiger partial charge in [-0.1, -0.05) is 17.3 Å². The maximum absolute atomic E-state index is 13.9. The van der Waals surface area contributed by atoms with Gasteiger partial charge in [0, 0.05) is 37.4 Å². The third kappa shape index (κ3) is 3.86. The highest BCUT2D eigenvalue weighted by Crippen LogP contribution is 2.21. The molecule has 0 atom stereocenters. The number of amides is 1. The van der Waals surface area contributed by atoms with Gasteiger partial charge in [0.15, 0.2) is 0 Å². The first-order chi connectivity index (χ1) is 13.6. The summed E-state index contributed by atoms with van der Waals surface area (Å²) in [6.45, 7) is 3.86. The van der Waals surface area contributed by atoms with Gasteiger partial charge < -0.3 is 15.2 Å². The van der Waals surface area contributed by atoms with E-state index in [4.69, 9.17) is 10.3 Å². The Hall–Kier alpha value is -3.26. The average molecular weight is 381 g/mol. The van der Waals surface area contributed by atoms with E-state index in [0.29, 0.717) is 23.6 Å². The quantitative estimate of drug-likeness (QED) is 0.730. The number of aromatic nitrogens is 2. The second kappa shape index (κ2) is 7.77. The Morgan fingerprint density at radius 3 is 2.46 bits per heavy atom. The van der Waals surface area contributed by atoms with Crippen molar-refractivity contribution in [2.45, 2.75) is 6.54 Å². The molecular weight excluding hydrogens is 361 g/mol. The molecule has 0 unspecified atom stereocenters. The Balaban J connectivity index is 1.35. The summed E-state index contributed by atoms with van der Waals surface area (Å²) >= 11 is 0. The number of anilines is 1. The number of halogens is 1. The number of benzene rings is 2. The summed E-state index contributed by atoms with van der Waals surface area (Å²) in [5, 5.41) is 3.90. The standard InChI is InChI=1S/C20H20FN5O2/c21-17-4-2-1-3-16(17)20-23-18(28-24-20)13-25-9-11-26(12-10-25)15-7-5-14(6-8-15)19(22)27/h1-8H,9-13H2,(H2,22,27). The molecular formula is C20H20FN5O2. The predicted octanol–water partition coefficient (Wildman–Crippen LogP) is 2.30. The Bertz CT molecular complexity index is 965. The van der Waals surface area contributed by atoms with Crippen molar-refractivity contribution in [3.63, 3.8) is 0 Å². The minimum absolute atomic E-state index is 0.265. The van der Waals surface area contributed by atoms with E-state index in [1.165, 1.54) is 6.07 Å². The van der Waals surface area contributed by atoms with Crippen LogP contribution in [-0.2, 0) is 6.54 Å². The number of carbonyl (C=O) groups is 1. The topological polar surface area (TPSA) is 88.5 Å². The zero-order chi connectivity index (χ0) is 19.5. The van der Waals surface area contributed by atoms with E-state index in [-0.39, 0.29) is 11.6 Å². The van der Waals surface area contributed by atoms with E-state index in [1.807, 2.05) is 12.1 Å². The molecule has 1 saturated heterocycles. The highest BCUT2D eigenvalue weighted by atomic mass is 19.1. The number of carbonyl (C=O) groups excluding carboxylic acids is 1. The molecule has 4 rings (SSSR count). The van der Waals surface area contributed by atoms with Crippen LogP contribution >= 0.6 is 0 Å². The highest BCUT2D eigenvalue weighted by molar-refractivity contribution is 5.93. The Kier molecular flexibility index (Phi) is 5.03. The van der Waals surface area contributed by atoms with Crippen LogP contribution in [0.15, 0.2) is 53.1 Å². The Labute approximate surface area is 161 Å². The first kappa shape index (κ1) is 18.1. The van der Waals surface area contributed by atoms with Gasteiger partial charge in [0.05, 0.1) is 12.1 Å². The van der Waals surface area contributed by atoms with Crippen molar-refractivity contribution in [2.24, 2.45) is 5.73 Å². The average Bonchev–Trinajstić information content (AvgIpc) is 3.17. The summed E-state index contributed by atoms with van der Waals surface area (Å²) in [7, 11) is 0. The summed E-state index contributed by atoms with van der Waals surface area (Å²) in [5.74, 6) is -0.0599. The fourth-order valence-corrected chi connectivity index (χ4v) is 3.26. The van der Waals surface area contributed by atoms with E-state index in [1.54, 1.807) is 30.3 Å². The van der Waals surface area contributed by atoms with Gasteiger partial charge in [-0.3, -0.25) is 9.69 Å². The Morgan fingerprint density at radius 1 is 1.07 bits per heavy atom. The number of rotatable bonds is 5. The minimum atomic E-state index is -0.425. The van der Waals surface area contributed by atoms with Crippen LogP contribution in [-0.4, -0.2) is 47.1 Å². The lowest BCUT2D eigenvalue weighted by Crippen LogP contribution is -2.46. The predicted molar refractivity (Wildman–Crippen MR) is 102 cm³/mol. The summed E-state index contributed by atoms with van der Waals surface area (Å²) in [5.41, 5.74) is 7.18. The summed E-state index contributed by atoms with van der Waals surface area (Å²) in [6.07, 6.45) is 0. The van der Waals surface area contributed by atoms with E-state index in [2.05, 4.69) is 19.9 Å². The molecule has 2 aromatic carbocycles. The monoisotopic (exact) mass is 381 g/mol. The van der Waals surface area contributed by atoms with Crippen LogP contribution in [0.2, 0.25) is 0 Å². The van der Waals surface area contributed by atoms with Crippen LogP contribution < -0.4 is 10.6 Å². The van der Waals surface area contributed by atoms with Crippen molar-refractivity contribution in [3.8, 4) is 11.4 Å². The number of piperazine rings is 1. The third-order valence-electron chi connectivity index (χ3n) is 4.83. The molecule has 0 bridgehead atoms. The van der Waals surface area contributed by atoms with Gasteiger partial charge in [-0.25, -0.2) is 4.39 Å². The van der Waals surface area contributed by atoms with Gasteiger partial charge >= 0.3 is 0 Å². The molecule has 1 aliphatic rings. The number of nitrogens with zero attached hydrogens (tertiary/aromatic N) is 4. The molecule has 1 amide bonds. The third-order valence-corrected chi connectivity index (χ3v) is 4.83. The van der Waals surface area contributed by atoms with Gasteiger partial charge in [0.25, 0.3) is 0 Å². The molecule has 7 nitrogen and oxygen atoms in total. The number of hydrogen-bond donors (Lipinski definition) is 1. The van der Waals surface area contributed by atoms with Crippen LogP contribution in [0, 0.1) is 5.82 Å². The largest absolute Gasteiger partial charge is 0.369 e. The molecule has 0 saturated carbocycles.